The Balaban J connectivity index is 1.54. The summed E-state index contributed by atoms with van der Waals surface area (Å²) in [4.78, 5) is 49.6. The minimum absolute atomic E-state index is 0.136. The summed E-state index contributed by atoms with van der Waals surface area (Å²) in [5.74, 6) is -0.207. The van der Waals surface area contributed by atoms with Crippen molar-refractivity contribution in [2.45, 2.75) is 51.0 Å². The predicted octanol–water partition coefficient (Wildman–Crippen LogP) is 2.24. The normalized spacial score (nSPS) is 17.4. The van der Waals surface area contributed by atoms with Crippen LogP contribution in [0.1, 0.15) is 45.4 Å². The molecule has 0 bridgehead atoms. The Kier molecular flexibility index (Phi) is 6.05. The van der Waals surface area contributed by atoms with Gasteiger partial charge in [0.25, 0.3) is 5.91 Å². The van der Waals surface area contributed by atoms with Crippen molar-refractivity contribution in [3.8, 4) is 5.75 Å². The van der Waals surface area contributed by atoms with E-state index < -0.39 is 5.54 Å². The van der Waals surface area contributed by atoms with Crippen LogP contribution >= 0.6 is 0 Å². The lowest BCUT2D eigenvalue weighted by Gasteiger charge is -2.20. The molecule has 29 heavy (non-hydrogen) atoms. The number of imide groups is 1. The molecule has 5 amide bonds. The van der Waals surface area contributed by atoms with Gasteiger partial charge in [-0.1, -0.05) is 12.8 Å². The Labute approximate surface area is 169 Å². The van der Waals surface area contributed by atoms with Crippen LogP contribution in [0.25, 0.3) is 0 Å². The Morgan fingerprint density at radius 3 is 2.59 bits per heavy atom. The number of hydrogen-bond donors (Lipinski definition) is 3. The van der Waals surface area contributed by atoms with Gasteiger partial charge in [-0.3, -0.25) is 19.3 Å². The average Bonchev–Trinajstić information content (AvgIpc) is 3.22. The number of urea groups is 1. The van der Waals surface area contributed by atoms with E-state index in [1.807, 2.05) is 0 Å². The summed E-state index contributed by atoms with van der Waals surface area (Å²) in [5, 5.41) is 8.23. The number of hydrogen-bond acceptors (Lipinski definition) is 5. The number of anilines is 2. The highest BCUT2D eigenvalue weighted by Crippen LogP contribution is 2.35. The van der Waals surface area contributed by atoms with Gasteiger partial charge in [0.15, 0.2) is 0 Å². The van der Waals surface area contributed by atoms with Crippen molar-refractivity contribution < 1.29 is 23.9 Å². The van der Waals surface area contributed by atoms with Gasteiger partial charge in [0, 0.05) is 25.6 Å². The molecular weight excluding hydrogens is 376 g/mol. The summed E-state index contributed by atoms with van der Waals surface area (Å²) >= 11 is 0. The third-order valence-corrected chi connectivity index (χ3v) is 5.28. The molecule has 3 rings (SSSR count). The highest BCUT2D eigenvalue weighted by atomic mass is 16.5. The van der Waals surface area contributed by atoms with Crippen LogP contribution in [0.3, 0.4) is 0 Å². The zero-order valence-electron chi connectivity index (χ0n) is 16.7. The molecule has 0 aromatic heterocycles. The monoisotopic (exact) mass is 402 g/mol. The van der Waals surface area contributed by atoms with Crippen molar-refractivity contribution in [3.05, 3.63) is 18.2 Å². The molecule has 1 aliphatic heterocycles. The lowest BCUT2D eigenvalue weighted by molar-refractivity contribution is -0.131. The Morgan fingerprint density at radius 1 is 1.21 bits per heavy atom. The van der Waals surface area contributed by atoms with Crippen molar-refractivity contribution in [3.63, 3.8) is 0 Å². The minimum atomic E-state index is -0.725. The van der Waals surface area contributed by atoms with E-state index in [1.54, 1.807) is 18.2 Å². The Morgan fingerprint density at radius 2 is 1.93 bits per heavy atom. The highest BCUT2D eigenvalue weighted by Gasteiger charge is 2.52. The summed E-state index contributed by atoms with van der Waals surface area (Å²) in [6.07, 6.45) is 3.72. The molecule has 1 saturated carbocycles. The van der Waals surface area contributed by atoms with Gasteiger partial charge < -0.3 is 20.7 Å². The number of rotatable bonds is 7. The van der Waals surface area contributed by atoms with E-state index in [1.165, 1.54) is 18.9 Å². The maximum atomic E-state index is 12.6. The molecule has 0 radical (unpaired) electrons. The van der Waals surface area contributed by atoms with Gasteiger partial charge in [-0.25, -0.2) is 4.79 Å². The van der Waals surface area contributed by atoms with Crippen LogP contribution in [0.4, 0.5) is 16.2 Å². The van der Waals surface area contributed by atoms with Gasteiger partial charge in [-0.15, -0.1) is 0 Å². The Bertz CT molecular complexity index is 832. The summed E-state index contributed by atoms with van der Waals surface area (Å²) in [7, 11) is 1.49. The van der Waals surface area contributed by atoms with Crippen molar-refractivity contribution in [1.29, 1.82) is 0 Å². The van der Waals surface area contributed by atoms with Crippen molar-refractivity contribution in [2.24, 2.45) is 0 Å². The van der Waals surface area contributed by atoms with E-state index in [-0.39, 0.29) is 36.7 Å². The maximum absolute atomic E-state index is 12.6. The number of carbonyl (C=O) groups is 4. The predicted molar refractivity (Wildman–Crippen MR) is 107 cm³/mol. The van der Waals surface area contributed by atoms with Crippen LogP contribution in [0.15, 0.2) is 18.2 Å². The highest BCUT2D eigenvalue weighted by molar-refractivity contribution is 6.07. The lowest BCUT2D eigenvalue weighted by atomic mass is 9.98. The van der Waals surface area contributed by atoms with Crippen LogP contribution in [-0.4, -0.2) is 47.8 Å². The van der Waals surface area contributed by atoms with E-state index in [0.29, 0.717) is 36.4 Å². The number of ether oxygens (including phenoxy) is 1. The molecule has 2 aliphatic rings. The molecule has 1 aromatic rings. The van der Waals surface area contributed by atoms with Gasteiger partial charge in [-0.05, 0) is 37.5 Å². The summed E-state index contributed by atoms with van der Waals surface area (Å²) in [6, 6.07) is 4.56. The second-order valence-corrected chi connectivity index (χ2v) is 7.42. The number of amides is 5. The Hall–Kier alpha value is -3.10. The van der Waals surface area contributed by atoms with E-state index in [4.69, 9.17) is 4.74 Å². The molecule has 0 atom stereocenters. The second-order valence-electron chi connectivity index (χ2n) is 7.42. The molecule has 9 nitrogen and oxygen atoms in total. The standard InChI is InChI=1S/C20H26N4O5/c1-13(25)21-14-7-8-16(29-2)15(12-14)22-17(26)6-5-11-24-18(27)20(23-19(24)28)9-3-4-10-20/h7-8,12H,3-6,9-11H2,1-2H3,(H,21,25)(H,22,26)(H,23,28). The van der Waals surface area contributed by atoms with Crippen LogP contribution in [0.5, 0.6) is 5.75 Å². The molecule has 9 heteroatoms. The van der Waals surface area contributed by atoms with Crippen LogP contribution in [0.2, 0.25) is 0 Å². The molecule has 1 aromatic carbocycles. The lowest BCUT2D eigenvalue weighted by Crippen LogP contribution is -2.44. The van der Waals surface area contributed by atoms with Gasteiger partial charge in [0.1, 0.15) is 11.3 Å². The summed E-state index contributed by atoms with van der Waals surface area (Å²) < 4.78 is 5.24. The first-order chi connectivity index (χ1) is 13.8. The zero-order valence-corrected chi connectivity index (χ0v) is 16.7. The number of methoxy groups -OCH3 is 1. The quantitative estimate of drug-likeness (QED) is 0.605. The fourth-order valence-corrected chi connectivity index (χ4v) is 3.89. The fraction of sp³-hybridized carbons (Fsp3) is 0.500. The molecular formula is C20H26N4O5. The zero-order chi connectivity index (χ0) is 21.0. The first-order valence-electron chi connectivity index (χ1n) is 9.74. The topological polar surface area (TPSA) is 117 Å². The summed E-state index contributed by atoms with van der Waals surface area (Å²) in [5.41, 5.74) is 0.245. The van der Waals surface area contributed by atoms with Gasteiger partial charge in [0.05, 0.1) is 12.8 Å². The molecule has 3 N–H and O–H groups in total. The summed E-state index contributed by atoms with van der Waals surface area (Å²) in [6.45, 7) is 1.59. The largest absolute Gasteiger partial charge is 0.495 e. The van der Waals surface area contributed by atoms with Gasteiger partial charge in [0.2, 0.25) is 11.8 Å². The molecule has 1 saturated heterocycles. The van der Waals surface area contributed by atoms with Crippen molar-refractivity contribution >= 4 is 35.1 Å². The van der Waals surface area contributed by atoms with Crippen LogP contribution in [0, 0.1) is 0 Å². The molecule has 1 spiro atoms. The minimum Gasteiger partial charge on any atom is -0.495 e. The molecule has 0 unspecified atom stereocenters. The molecule has 156 valence electrons. The molecule has 1 aliphatic carbocycles. The number of nitrogens with zero attached hydrogens (tertiary/aromatic N) is 1. The first kappa shape index (κ1) is 20.6. The molecule has 1 heterocycles. The van der Waals surface area contributed by atoms with Gasteiger partial charge in [-0.2, -0.15) is 0 Å². The van der Waals surface area contributed by atoms with Gasteiger partial charge >= 0.3 is 6.03 Å². The molecule has 2 fully saturated rings. The van der Waals surface area contributed by atoms with E-state index >= 15 is 0 Å². The van der Waals surface area contributed by atoms with E-state index in [2.05, 4.69) is 16.0 Å². The van der Waals surface area contributed by atoms with Crippen LogP contribution in [-0.2, 0) is 14.4 Å². The smallest absolute Gasteiger partial charge is 0.325 e. The van der Waals surface area contributed by atoms with E-state index in [0.717, 1.165) is 12.8 Å². The number of benzene rings is 1. The third-order valence-electron chi connectivity index (χ3n) is 5.28. The van der Waals surface area contributed by atoms with Crippen molar-refractivity contribution in [2.75, 3.05) is 24.3 Å². The third kappa shape index (κ3) is 4.49. The average molecular weight is 402 g/mol. The van der Waals surface area contributed by atoms with Crippen LogP contribution < -0.4 is 20.7 Å². The number of nitrogens with one attached hydrogen (secondary N) is 3. The first-order valence-corrected chi connectivity index (χ1v) is 9.74. The second kappa shape index (κ2) is 8.50. The van der Waals surface area contributed by atoms with Crippen molar-refractivity contribution in [1.82, 2.24) is 10.2 Å². The maximum Gasteiger partial charge on any atom is 0.325 e. The number of carbonyl (C=O) groups excluding carboxylic acids is 4. The fourth-order valence-electron chi connectivity index (χ4n) is 3.89. The van der Waals surface area contributed by atoms with E-state index in [9.17, 15) is 19.2 Å². The SMILES string of the molecule is COc1ccc(NC(C)=O)cc1NC(=O)CCCN1C(=O)NC2(CCCC2)C1=O.